The Morgan fingerprint density at radius 1 is 1.16 bits per heavy atom. The number of phenols is 1. The molecule has 1 N–H and O–H groups in total. The maximum Gasteiger partial charge on any atom is 0.123 e. The van der Waals surface area contributed by atoms with Crippen molar-refractivity contribution in [2.45, 2.75) is 18.9 Å². The number of anilines is 1. The molecule has 3 rings (SSSR count). The summed E-state index contributed by atoms with van der Waals surface area (Å²) in [7, 11) is 2.01. The molecule has 0 saturated carbocycles. The lowest BCUT2D eigenvalue weighted by atomic mass is 10.1. The van der Waals surface area contributed by atoms with Crippen molar-refractivity contribution in [3.63, 3.8) is 0 Å². The van der Waals surface area contributed by atoms with Crippen LogP contribution in [0.4, 0.5) is 10.1 Å². The molecule has 0 spiro atoms. The van der Waals surface area contributed by atoms with Crippen LogP contribution in [0.25, 0.3) is 0 Å². The molecular weight excluding hydrogens is 241 g/mol. The smallest absolute Gasteiger partial charge is 0.123 e. The Hall–Kier alpha value is -2.03. The molecule has 0 heterocycles. The van der Waals surface area contributed by atoms with Crippen molar-refractivity contribution < 1.29 is 9.50 Å². The van der Waals surface area contributed by atoms with Crippen molar-refractivity contribution in [2.75, 3.05) is 11.9 Å². The fourth-order valence-corrected chi connectivity index (χ4v) is 2.87. The van der Waals surface area contributed by atoms with E-state index in [1.54, 1.807) is 18.2 Å². The second-order valence-electron chi connectivity index (χ2n) is 4.99. The lowest BCUT2D eigenvalue weighted by molar-refractivity contribution is 0.469. The third kappa shape index (κ3) is 2.05. The summed E-state index contributed by atoms with van der Waals surface area (Å²) in [6, 6.07) is 12.4. The molecule has 0 aliphatic heterocycles. The zero-order chi connectivity index (χ0) is 13.4. The third-order valence-corrected chi connectivity index (χ3v) is 3.92. The van der Waals surface area contributed by atoms with E-state index in [1.165, 1.54) is 17.7 Å². The molecule has 2 aromatic carbocycles. The first kappa shape index (κ1) is 12.0. The predicted molar refractivity (Wildman–Crippen MR) is 74.0 cm³/mol. The van der Waals surface area contributed by atoms with Gasteiger partial charge in [0.25, 0.3) is 0 Å². The first-order valence-electron chi connectivity index (χ1n) is 6.46. The summed E-state index contributed by atoms with van der Waals surface area (Å²) in [6.45, 7) is 0. The van der Waals surface area contributed by atoms with E-state index in [0.29, 0.717) is 5.75 Å². The van der Waals surface area contributed by atoms with Crippen LogP contribution in [0.1, 0.15) is 23.6 Å². The van der Waals surface area contributed by atoms with Gasteiger partial charge in [-0.05, 0) is 54.3 Å². The van der Waals surface area contributed by atoms with E-state index in [1.807, 2.05) is 13.1 Å². The highest BCUT2D eigenvalue weighted by Crippen LogP contribution is 2.40. The Morgan fingerprint density at radius 3 is 2.63 bits per heavy atom. The highest BCUT2D eigenvalue weighted by atomic mass is 19.1. The topological polar surface area (TPSA) is 23.5 Å². The highest BCUT2D eigenvalue weighted by molar-refractivity contribution is 5.52. The van der Waals surface area contributed by atoms with Gasteiger partial charge in [-0.15, -0.1) is 0 Å². The largest absolute Gasteiger partial charge is 0.508 e. The van der Waals surface area contributed by atoms with Gasteiger partial charge < -0.3 is 10.0 Å². The van der Waals surface area contributed by atoms with Gasteiger partial charge in [-0.3, -0.25) is 0 Å². The maximum atomic E-state index is 13.0. The molecule has 1 aliphatic rings. The molecule has 0 fully saturated rings. The Kier molecular flexibility index (Phi) is 2.90. The molecular formula is C16H16FNO. The van der Waals surface area contributed by atoms with Crippen LogP contribution >= 0.6 is 0 Å². The van der Waals surface area contributed by atoms with E-state index in [9.17, 15) is 9.50 Å². The number of benzene rings is 2. The minimum Gasteiger partial charge on any atom is -0.508 e. The molecule has 3 heteroatoms. The highest BCUT2D eigenvalue weighted by Gasteiger charge is 2.27. The monoisotopic (exact) mass is 257 g/mol. The Balaban J connectivity index is 1.93. The van der Waals surface area contributed by atoms with Crippen molar-refractivity contribution in [1.29, 1.82) is 0 Å². The number of halogens is 1. The summed E-state index contributed by atoms with van der Waals surface area (Å²) in [6.07, 6.45) is 1.86. The van der Waals surface area contributed by atoms with E-state index < -0.39 is 0 Å². The number of hydrogen-bond donors (Lipinski definition) is 1. The normalized spacial score (nSPS) is 17.3. The lowest BCUT2D eigenvalue weighted by Gasteiger charge is -2.27. The molecule has 1 atom stereocenters. The summed E-state index contributed by atoms with van der Waals surface area (Å²) in [5, 5.41) is 9.87. The Labute approximate surface area is 112 Å². The average Bonchev–Trinajstić information content (AvgIpc) is 2.84. The van der Waals surface area contributed by atoms with Gasteiger partial charge in [0.15, 0.2) is 0 Å². The van der Waals surface area contributed by atoms with Gasteiger partial charge in [0, 0.05) is 12.7 Å². The molecule has 0 saturated heterocycles. The molecule has 2 aromatic rings. The Morgan fingerprint density at radius 2 is 1.89 bits per heavy atom. The first-order chi connectivity index (χ1) is 9.16. The number of aromatic hydroxyl groups is 1. The lowest BCUT2D eigenvalue weighted by Crippen LogP contribution is -2.22. The standard InChI is InChI=1S/C16H16FNO/c1-18(12-7-5-11(17)6-8-12)15-10-9-14-13(15)3-2-4-16(14)19/h2-8,15,19H,9-10H2,1H3. The second-order valence-corrected chi connectivity index (χ2v) is 4.99. The van der Waals surface area contributed by atoms with E-state index in [-0.39, 0.29) is 11.9 Å². The van der Waals surface area contributed by atoms with Crippen molar-refractivity contribution in [1.82, 2.24) is 0 Å². The van der Waals surface area contributed by atoms with Gasteiger partial charge in [-0.2, -0.15) is 0 Å². The van der Waals surface area contributed by atoms with Crippen molar-refractivity contribution in [3.8, 4) is 5.75 Å². The van der Waals surface area contributed by atoms with E-state index in [2.05, 4.69) is 11.0 Å². The van der Waals surface area contributed by atoms with Gasteiger partial charge in [0.2, 0.25) is 0 Å². The first-order valence-corrected chi connectivity index (χ1v) is 6.46. The number of nitrogens with zero attached hydrogens (tertiary/aromatic N) is 1. The number of fused-ring (bicyclic) bond motifs is 1. The van der Waals surface area contributed by atoms with E-state index in [0.717, 1.165) is 24.1 Å². The number of rotatable bonds is 2. The van der Waals surface area contributed by atoms with Crippen LogP contribution in [-0.4, -0.2) is 12.2 Å². The number of hydrogen-bond acceptors (Lipinski definition) is 2. The zero-order valence-corrected chi connectivity index (χ0v) is 10.8. The fraction of sp³-hybridized carbons (Fsp3) is 0.250. The zero-order valence-electron chi connectivity index (χ0n) is 10.8. The summed E-state index contributed by atoms with van der Waals surface area (Å²) in [5.41, 5.74) is 3.20. The maximum absolute atomic E-state index is 13.0. The molecule has 19 heavy (non-hydrogen) atoms. The third-order valence-electron chi connectivity index (χ3n) is 3.92. The summed E-state index contributed by atoms with van der Waals surface area (Å²) in [5.74, 6) is 0.161. The molecule has 1 aliphatic carbocycles. The molecule has 0 bridgehead atoms. The van der Waals surface area contributed by atoms with Crippen LogP contribution in [0, 0.1) is 5.82 Å². The van der Waals surface area contributed by atoms with Crippen molar-refractivity contribution in [2.24, 2.45) is 0 Å². The van der Waals surface area contributed by atoms with Gasteiger partial charge >= 0.3 is 0 Å². The quantitative estimate of drug-likeness (QED) is 0.887. The fourth-order valence-electron chi connectivity index (χ4n) is 2.87. The SMILES string of the molecule is CN(c1ccc(F)cc1)C1CCc2c(O)cccc21. The summed E-state index contributed by atoms with van der Waals surface area (Å²) < 4.78 is 13.0. The van der Waals surface area contributed by atoms with E-state index in [4.69, 9.17) is 0 Å². The molecule has 0 radical (unpaired) electrons. The van der Waals surface area contributed by atoms with Crippen LogP contribution in [0.2, 0.25) is 0 Å². The number of phenolic OH excluding ortho intramolecular Hbond substituents is 1. The molecule has 0 aromatic heterocycles. The van der Waals surface area contributed by atoms with Gasteiger partial charge in [-0.25, -0.2) is 4.39 Å². The molecule has 1 unspecified atom stereocenters. The Bertz CT molecular complexity index is 594. The minimum atomic E-state index is -0.221. The van der Waals surface area contributed by atoms with Gasteiger partial charge in [0.1, 0.15) is 11.6 Å². The summed E-state index contributed by atoms with van der Waals surface area (Å²) >= 11 is 0. The van der Waals surface area contributed by atoms with Crippen LogP contribution in [0.3, 0.4) is 0 Å². The van der Waals surface area contributed by atoms with Crippen LogP contribution in [-0.2, 0) is 6.42 Å². The summed E-state index contributed by atoms with van der Waals surface area (Å²) in [4.78, 5) is 2.14. The van der Waals surface area contributed by atoms with Crippen molar-refractivity contribution >= 4 is 5.69 Å². The predicted octanol–water partition coefficient (Wildman–Crippen LogP) is 3.66. The molecule has 0 amide bonds. The minimum absolute atomic E-state index is 0.221. The van der Waals surface area contributed by atoms with Crippen LogP contribution < -0.4 is 4.90 Å². The molecule has 2 nitrogen and oxygen atoms in total. The van der Waals surface area contributed by atoms with Crippen LogP contribution in [0.5, 0.6) is 5.75 Å². The van der Waals surface area contributed by atoms with Crippen LogP contribution in [0.15, 0.2) is 42.5 Å². The average molecular weight is 257 g/mol. The molecule has 98 valence electrons. The van der Waals surface area contributed by atoms with E-state index >= 15 is 0 Å². The van der Waals surface area contributed by atoms with Crippen molar-refractivity contribution in [3.05, 3.63) is 59.4 Å². The van der Waals surface area contributed by atoms with Gasteiger partial charge in [0.05, 0.1) is 6.04 Å². The second kappa shape index (κ2) is 4.57. The van der Waals surface area contributed by atoms with Gasteiger partial charge in [-0.1, -0.05) is 12.1 Å².